The number of carbonyl (C=O) groups excluding carboxylic acids is 2. The zero-order valence-electron chi connectivity index (χ0n) is 16.9. The molecule has 0 unspecified atom stereocenters. The van der Waals surface area contributed by atoms with Gasteiger partial charge in [0.1, 0.15) is 5.75 Å². The van der Waals surface area contributed by atoms with Crippen LogP contribution >= 0.6 is 11.6 Å². The molecule has 2 aromatic carbocycles. The number of urea groups is 1. The zero-order valence-corrected chi connectivity index (χ0v) is 17.6. The maximum Gasteiger partial charge on any atom is 0.319 e. The van der Waals surface area contributed by atoms with Crippen molar-refractivity contribution in [1.29, 1.82) is 0 Å². The molecule has 7 heteroatoms. The minimum atomic E-state index is -0.142. The number of halogens is 1. The van der Waals surface area contributed by atoms with Gasteiger partial charge in [-0.2, -0.15) is 0 Å². The largest absolute Gasteiger partial charge is 0.455 e. The van der Waals surface area contributed by atoms with Gasteiger partial charge < -0.3 is 19.9 Å². The number of hydrogen-bond donors (Lipinski definition) is 1. The van der Waals surface area contributed by atoms with Gasteiger partial charge in [0.15, 0.2) is 5.75 Å². The second-order valence-corrected chi connectivity index (χ2v) is 8.22. The summed E-state index contributed by atoms with van der Waals surface area (Å²) in [6.07, 6.45) is 3.47. The lowest BCUT2D eigenvalue weighted by Gasteiger charge is -2.34. The van der Waals surface area contributed by atoms with Crippen molar-refractivity contribution < 1.29 is 14.3 Å². The van der Waals surface area contributed by atoms with Gasteiger partial charge in [-0.05, 0) is 56.0 Å². The molecule has 2 aliphatic heterocycles. The molecular formula is C23H26ClN3O3. The highest BCUT2D eigenvalue weighted by Gasteiger charge is 2.30. The highest BCUT2D eigenvalue weighted by atomic mass is 35.5. The third-order valence-electron chi connectivity index (χ3n) is 5.68. The van der Waals surface area contributed by atoms with Crippen LogP contribution in [0, 0.1) is 5.92 Å². The van der Waals surface area contributed by atoms with Crippen LogP contribution in [0.15, 0.2) is 48.5 Å². The molecule has 158 valence electrons. The first kappa shape index (κ1) is 20.5. The molecule has 30 heavy (non-hydrogen) atoms. The molecule has 2 fully saturated rings. The fraction of sp³-hybridized carbons (Fsp3) is 0.391. The van der Waals surface area contributed by atoms with Gasteiger partial charge in [0.25, 0.3) is 0 Å². The molecule has 6 nitrogen and oxygen atoms in total. The van der Waals surface area contributed by atoms with Crippen molar-refractivity contribution in [3.05, 3.63) is 53.6 Å². The number of carbonyl (C=O) groups is 2. The summed E-state index contributed by atoms with van der Waals surface area (Å²) >= 11 is 6.15. The molecule has 4 rings (SSSR count). The monoisotopic (exact) mass is 427 g/mol. The van der Waals surface area contributed by atoms with Crippen LogP contribution in [0.5, 0.6) is 11.5 Å². The van der Waals surface area contributed by atoms with Crippen molar-refractivity contribution in [2.45, 2.75) is 25.7 Å². The fourth-order valence-corrected chi connectivity index (χ4v) is 4.15. The molecule has 2 saturated heterocycles. The summed E-state index contributed by atoms with van der Waals surface area (Å²) < 4.78 is 5.93. The number of nitrogens with zero attached hydrogens (tertiary/aromatic N) is 2. The summed E-state index contributed by atoms with van der Waals surface area (Å²) in [6, 6.07) is 14.7. The minimum Gasteiger partial charge on any atom is -0.455 e. The van der Waals surface area contributed by atoms with E-state index in [4.69, 9.17) is 16.3 Å². The molecule has 0 aliphatic carbocycles. The number of ether oxygens (including phenoxy) is 1. The van der Waals surface area contributed by atoms with E-state index in [9.17, 15) is 9.59 Å². The quantitative estimate of drug-likeness (QED) is 0.746. The van der Waals surface area contributed by atoms with Crippen LogP contribution in [-0.2, 0) is 4.79 Å². The van der Waals surface area contributed by atoms with Gasteiger partial charge in [0.2, 0.25) is 5.91 Å². The predicted molar refractivity (Wildman–Crippen MR) is 117 cm³/mol. The maximum absolute atomic E-state index is 12.9. The van der Waals surface area contributed by atoms with E-state index in [0.29, 0.717) is 48.1 Å². The van der Waals surface area contributed by atoms with Crippen LogP contribution in [0.25, 0.3) is 0 Å². The normalized spacial score (nSPS) is 17.1. The number of amides is 3. The van der Waals surface area contributed by atoms with Crippen LogP contribution in [-0.4, -0.2) is 47.9 Å². The van der Waals surface area contributed by atoms with E-state index in [-0.39, 0.29) is 17.9 Å². The third-order valence-corrected chi connectivity index (χ3v) is 5.92. The second kappa shape index (κ2) is 9.39. The summed E-state index contributed by atoms with van der Waals surface area (Å²) in [5, 5.41) is 3.50. The van der Waals surface area contributed by atoms with E-state index >= 15 is 0 Å². The summed E-state index contributed by atoms with van der Waals surface area (Å²) in [5.74, 6) is 1.02. The number of anilines is 1. The van der Waals surface area contributed by atoms with Gasteiger partial charge in [-0.3, -0.25) is 4.79 Å². The first-order chi connectivity index (χ1) is 14.6. The van der Waals surface area contributed by atoms with E-state index in [0.717, 1.165) is 25.9 Å². The molecule has 2 aromatic rings. The Labute approximate surface area is 181 Å². The number of benzene rings is 2. The summed E-state index contributed by atoms with van der Waals surface area (Å²) in [4.78, 5) is 29.2. The van der Waals surface area contributed by atoms with Crippen LogP contribution in [0.1, 0.15) is 25.7 Å². The number of rotatable bonds is 4. The Hall–Kier alpha value is -2.73. The van der Waals surface area contributed by atoms with Crippen LogP contribution in [0.3, 0.4) is 0 Å². The highest BCUT2D eigenvalue weighted by molar-refractivity contribution is 6.31. The SMILES string of the molecule is O=C(Nc1cc(Cl)ccc1Oc1ccccc1)C1CCN(C(=O)N2CCCC2)CC1. The van der Waals surface area contributed by atoms with Crippen molar-refractivity contribution >= 4 is 29.2 Å². The predicted octanol–water partition coefficient (Wildman–Crippen LogP) is 5.00. The van der Waals surface area contributed by atoms with E-state index in [1.165, 1.54) is 0 Å². The van der Waals surface area contributed by atoms with Gasteiger partial charge in [-0.25, -0.2) is 4.79 Å². The smallest absolute Gasteiger partial charge is 0.319 e. The topological polar surface area (TPSA) is 61.9 Å². The molecule has 0 spiro atoms. The molecule has 0 bridgehead atoms. The number of piperidine rings is 1. The molecule has 2 aliphatic rings. The van der Waals surface area contributed by atoms with E-state index in [1.807, 2.05) is 40.1 Å². The molecule has 1 N–H and O–H groups in total. The van der Waals surface area contributed by atoms with E-state index in [1.54, 1.807) is 18.2 Å². The van der Waals surface area contributed by atoms with Gasteiger partial charge in [0, 0.05) is 37.1 Å². The Morgan fingerprint density at radius 2 is 1.60 bits per heavy atom. The second-order valence-electron chi connectivity index (χ2n) is 7.78. The van der Waals surface area contributed by atoms with Crippen molar-refractivity contribution in [3.63, 3.8) is 0 Å². The Kier molecular flexibility index (Phi) is 6.43. The van der Waals surface area contributed by atoms with Gasteiger partial charge in [0.05, 0.1) is 5.69 Å². The van der Waals surface area contributed by atoms with E-state index in [2.05, 4.69) is 5.32 Å². The average Bonchev–Trinajstić information content (AvgIpc) is 3.31. The zero-order chi connectivity index (χ0) is 20.9. The van der Waals surface area contributed by atoms with Gasteiger partial charge in [-0.1, -0.05) is 29.8 Å². The standard InChI is InChI=1S/C23H26ClN3O3/c24-18-8-9-21(30-19-6-2-1-3-7-19)20(16-18)25-22(28)17-10-14-27(15-11-17)23(29)26-12-4-5-13-26/h1-3,6-9,16-17H,4-5,10-15H2,(H,25,28). The Morgan fingerprint density at radius 3 is 2.30 bits per heavy atom. The number of para-hydroxylation sites is 1. The number of nitrogens with one attached hydrogen (secondary N) is 1. The Balaban J connectivity index is 1.37. The summed E-state index contributed by atoms with van der Waals surface area (Å²) in [6.45, 7) is 2.91. The van der Waals surface area contributed by atoms with Crippen molar-refractivity contribution in [2.75, 3.05) is 31.5 Å². The van der Waals surface area contributed by atoms with Crippen LogP contribution in [0.4, 0.5) is 10.5 Å². The minimum absolute atomic E-state index is 0.0663. The van der Waals surface area contributed by atoms with Gasteiger partial charge in [-0.15, -0.1) is 0 Å². The van der Waals surface area contributed by atoms with Crippen LogP contribution < -0.4 is 10.1 Å². The molecular weight excluding hydrogens is 402 g/mol. The number of hydrogen-bond acceptors (Lipinski definition) is 3. The molecule has 0 radical (unpaired) electrons. The van der Waals surface area contributed by atoms with Gasteiger partial charge >= 0.3 is 6.03 Å². The summed E-state index contributed by atoms with van der Waals surface area (Å²) in [7, 11) is 0. The fourth-order valence-electron chi connectivity index (χ4n) is 3.98. The van der Waals surface area contributed by atoms with E-state index < -0.39 is 0 Å². The lowest BCUT2D eigenvalue weighted by Crippen LogP contribution is -2.47. The molecule has 3 amide bonds. The van der Waals surface area contributed by atoms with Crippen molar-refractivity contribution in [2.24, 2.45) is 5.92 Å². The van der Waals surface area contributed by atoms with Crippen molar-refractivity contribution in [1.82, 2.24) is 9.80 Å². The lowest BCUT2D eigenvalue weighted by molar-refractivity contribution is -0.121. The lowest BCUT2D eigenvalue weighted by atomic mass is 9.96. The first-order valence-electron chi connectivity index (χ1n) is 10.5. The summed E-state index contributed by atoms with van der Waals surface area (Å²) in [5.41, 5.74) is 0.548. The molecule has 2 heterocycles. The average molecular weight is 428 g/mol. The third kappa shape index (κ3) is 4.87. The molecule has 0 aromatic heterocycles. The highest BCUT2D eigenvalue weighted by Crippen LogP contribution is 2.33. The molecule has 0 saturated carbocycles. The maximum atomic E-state index is 12.9. The van der Waals surface area contributed by atoms with Crippen LogP contribution in [0.2, 0.25) is 5.02 Å². The first-order valence-corrected chi connectivity index (χ1v) is 10.8. The Morgan fingerprint density at radius 1 is 0.933 bits per heavy atom. The molecule has 0 atom stereocenters. The Bertz CT molecular complexity index is 892. The van der Waals surface area contributed by atoms with Crippen molar-refractivity contribution in [3.8, 4) is 11.5 Å². The number of likely N-dealkylation sites (tertiary alicyclic amines) is 2.